The van der Waals surface area contributed by atoms with Crippen LogP contribution in [-0.4, -0.2) is 41.4 Å². The average Bonchev–Trinajstić information content (AvgIpc) is 2.71. The molecule has 2 aromatic rings. The van der Waals surface area contributed by atoms with E-state index in [1.807, 2.05) is 30.3 Å². The van der Waals surface area contributed by atoms with E-state index in [0.29, 0.717) is 5.56 Å². The third-order valence-electron chi connectivity index (χ3n) is 5.91. The first-order valence-electron chi connectivity index (χ1n) is 10.1. The number of hydrogen-bond acceptors (Lipinski definition) is 4. The summed E-state index contributed by atoms with van der Waals surface area (Å²) in [7, 11) is 0. The lowest BCUT2D eigenvalue weighted by Crippen LogP contribution is -2.62. The number of amides is 1. The number of ether oxygens (including phenoxy) is 2. The van der Waals surface area contributed by atoms with Gasteiger partial charge in [-0.2, -0.15) is 13.2 Å². The number of aliphatic hydroxyl groups is 1. The van der Waals surface area contributed by atoms with Crippen LogP contribution in [0.3, 0.4) is 0 Å². The molecule has 4 rings (SSSR count). The van der Waals surface area contributed by atoms with Crippen molar-refractivity contribution < 1.29 is 32.5 Å². The number of piperidine rings is 1. The second kappa shape index (κ2) is 8.16. The summed E-state index contributed by atoms with van der Waals surface area (Å²) in [4.78, 5) is 14.4. The molecular weight excluding hydrogens is 411 g/mol. The minimum absolute atomic E-state index is 0.0741. The van der Waals surface area contributed by atoms with Gasteiger partial charge in [-0.25, -0.2) is 4.79 Å². The van der Waals surface area contributed by atoms with E-state index in [0.717, 1.165) is 17.7 Å². The van der Waals surface area contributed by atoms with E-state index in [1.54, 1.807) is 17.9 Å². The molecule has 1 N–H and O–H groups in total. The van der Waals surface area contributed by atoms with Crippen LogP contribution in [0.1, 0.15) is 35.1 Å². The molecule has 0 aliphatic carbocycles. The molecule has 2 bridgehead atoms. The van der Waals surface area contributed by atoms with E-state index in [4.69, 9.17) is 9.47 Å². The Morgan fingerprint density at radius 1 is 1.16 bits per heavy atom. The molecule has 2 aromatic carbocycles. The van der Waals surface area contributed by atoms with Gasteiger partial charge in [-0.3, -0.25) is 4.90 Å². The van der Waals surface area contributed by atoms with Gasteiger partial charge >= 0.3 is 12.3 Å². The fourth-order valence-corrected chi connectivity index (χ4v) is 4.52. The Bertz CT molecular complexity index is 934. The highest BCUT2D eigenvalue weighted by molar-refractivity contribution is 5.69. The van der Waals surface area contributed by atoms with Crippen LogP contribution in [0.4, 0.5) is 18.0 Å². The normalized spacial score (nSPS) is 25.9. The minimum Gasteiger partial charge on any atom is -0.445 e. The van der Waals surface area contributed by atoms with Gasteiger partial charge in [-0.15, -0.1) is 0 Å². The fourth-order valence-electron chi connectivity index (χ4n) is 4.52. The van der Waals surface area contributed by atoms with Crippen LogP contribution in [0.2, 0.25) is 0 Å². The molecule has 8 heteroatoms. The molecule has 2 atom stereocenters. The minimum atomic E-state index is -4.50. The lowest BCUT2D eigenvalue weighted by atomic mass is 9.76. The number of benzene rings is 2. The maximum atomic E-state index is 13.3. The van der Waals surface area contributed by atoms with E-state index >= 15 is 0 Å². The Morgan fingerprint density at radius 2 is 1.81 bits per heavy atom. The number of nitrogens with zero attached hydrogens (tertiary/aromatic N) is 1. The van der Waals surface area contributed by atoms with Crippen LogP contribution < -0.4 is 0 Å². The number of morpholine rings is 1. The van der Waals surface area contributed by atoms with Gasteiger partial charge in [0, 0.05) is 12.8 Å². The highest BCUT2D eigenvalue weighted by Gasteiger charge is 2.50. The molecule has 0 saturated carbocycles. The monoisotopic (exact) mass is 435 g/mol. The predicted octanol–water partition coefficient (Wildman–Crippen LogP) is 4.40. The summed E-state index contributed by atoms with van der Waals surface area (Å²) in [6.45, 7) is 2.07. The number of halogens is 3. The molecule has 31 heavy (non-hydrogen) atoms. The standard InChI is InChI=1S/C23H24F3NO4/c1-15-7-17(9-18(8-15)23(24,25)26)22(29)10-19-13-30-14-20(11-22)27(19)21(28)31-12-16-5-3-2-4-6-16/h2-9,19-20,29H,10-14H2,1H3. The molecule has 0 spiro atoms. The topological polar surface area (TPSA) is 59.0 Å². The molecule has 2 unspecified atom stereocenters. The summed E-state index contributed by atoms with van der Waals surface area (Å²) in [6, 6.07) is 11.9. The number of alkyl halides is 3. The molecule has 0 aromatic heterocycles. The van der Waals surface area contributed by atoms with Crippen molar-refractivity contribution in [2.24, 2.45) is 0 Å². The van der Waals surface area contributed by atoms with Crippen molar-refractivity contribution in [3.8, 4) is 0 Å². The molecule has 1 amide bonds. The molecule has 2 saturated heterocycles. The number of carbonyl (C=O) groups excluding carboxylic acids is 1. The Morgan fingerprint density at radius 3 is 2.42 bits per heavy atom. The zero-order valence-corrected chi connectivity index (χ0v) is 17.1. The van der Waals surface area contributed by atoms with Crippen molar-refractivity contribution in [2.75, 3.05) is 13.2 Å². The molecule has 2 aliphatic heterocycles. The number of rotatable bonds is 3. The van der Waals surface area contributed by atoms with Crippen LogP contribution >= 0.6 is 0 Å². The SMILES string of the molecule is Cc1cc(C(F)(F)F)cc(C2(O)CC3COCC(C2)N3C(=O)OCc2ccccc2)c1. The Balaban J connectivity index is 1.54. The van der Waals surface area contributed by atoms with Gasteiger partial charge in [-0.05, 0) is 30.2 Å². The van der Waals surface area contributed by atoms with Gasteiger partial charge < -0.3 is 14.6 Å². The van der Waals surface area contributed by atoms with Crippen LogP contribution in [0.25, 0.3) is 0 Å². The van der Waals surface area contributed by atoms with Crippen molar-refractivity contribution >= 4 is 6.09 Å². The molecule has 2 fully saturated rings. The summed E-state index contributed by atoms with van der Waals surface area (Å²) < 4.78 is 50.9. The summed E-state index contributed by atoms with van der Waals surface area (Å²) in [5.41, 5.74) is -0.785. The lowest BCUT2D eigenvalue weighted by molar-refractivity contribution is -0.140. The summed E-state index contributed by atoms with van der Waals surface area (Å²) in [5.74, 6) is 0. The van der Waals surface area contributed by atoms with Crippen molar-refractivity contribution in [1.29, 1.82) is 0 Å². The third-order valence-corrected chi connectivity index (χ3v) is 5.91. The largest absolute Gasteiger partial charge is 0.445 e. The van der Waals surface area contributed by atoms with Gasteiger partial charge in [0.05, 0.1) is 36.5 Å². The van der Waals surface area contributed by atoms with Crippen molar-refractivity contribution in [3.63, 3.8) is 0 Å². The molecule has 0 radical (unpaired) electrons. The fraction of sp³-hybridized carbons (Fsp3) is 0.435. The summed E-state index contributed by atoms with van der Waals surface area (Å²) >= 11 is 0. The molecule has 166 valence electrons. The van der Waals surface area contributed by atoms with Crippen molar-refractivity contribution in [2.45, 2.75) is 50.2 Å². The number of hydrogen-bond donors (Lipinski definition) is 1. The number of aryl methyl sites for hydroxylation is 1. The van der Waals surface area contributed by atoms with E-state index in [-0.39, 0.29) is 38.2 Å². The second-order valence-electron chi connectivity index (χ2n) is 8.32. The van der Waals surface area contributed by atoms with E-state index in [2.05, 4.69) is 0 Å². The first-order valence-corrected chi connectivity index (χ1v) is 10.1. The van der Waals surface area contributed by atoms with Crippen LogP contribution in [0.5, 0.6) is 0 Å². The summed E-state index contributed by atoms with van der Waals surface area (Å²) in [5, 5.41) is 11.4. The van der Waals surface area contributed by atoms with Gasteiger partial charge in [0.15, 0.2) is 0 Å². The van der Waals surface area contributed by atoms with Crippen LogP contribution in [-0.2, 0) is 27.9 Å². The third kappa shape index (κ3) is 4.55. The van der Waals surface area contributed by atoms with Crippen molar-refractivity contribution in [3.05, 3.63) is 70.8 Å². The lowest BCUT2D eigenvalue weighted by Gasteiger charge is -2.51. The zero-order valence-electron chi connectivity index (χ0n) is 17.1. The molecule has 2 heterocycles. The number of carbonyl (C=O) groups is 1. The maximum Gasteiger partial charge on any atom is 0.416 e. The first-order chi connectivity index (χ1) is 14.7. The molecular formula is C23H24F3NO4. The molecule has 2 aliphatic rings. The van der Waals surface area contributed by atoms with Crippen LogP contribution in [0.15, 0.2) is 48.5 Å². The Kier molecular flexibility index (Phi) is 5.70. The van der Waals surface area contributed by atoms with Gasteiger partial charge in [0.2, 0.25) is 0 Å². The number of fused-ring (bicyclic) bond motifs is 2. The highest BCUT2D eigenvalue weighted by atomic mass is 19.4. The second-order valence-corrected chi connectivity index (χ2v) is 8.32. The zero-order chi connectivity index (χ0) is 22.2. The maximum absolute atomic E-state index is 13.3. The van der Waals surface area contributed by atoms with Crippen LogP contribution in [0, 0.1) is 6.92 Å². The Labute approximate surface area is 178 Å². The van der Waals surface area contributed by atoms with Gasteiger partial charge in [-0.1, -0.05) is 42.0 Å². The highest BCUT2D eigenvalue weighted by Crippen LogP contribution is 2.43. The van der Waals surface area contributed by atoms with E-state index in [1.165, 1.54) is 0 Å². The quantitative estimate of drug-likeness (QED) is 0.777. The van der Waals surface area contributed by atoms with Gasteiger partial charge in [0.1, 0.15) is 6.61 Å². The smallest absolute Gasteiger partial charge is 0.416 e. The van der Waals surface area contributed by atoms with Crippen molar-refractivity contribution in [1.82, 2.24) is 4.90 Å². The first kappa shape index (κ1) is 21.6. The average molecular weight is 435 g/mol. The molecule has 5 nitrogen and oxygen atoms in total. The summed E-state index contributed by atoms with van der Waals surface area (Å²) in [6.07, 6.45) is -4.86. The van der Waals surface area contributed by atoms with Gasteiger partial charge in [0.25, 0.3) is 0 Å². The predicted molar refractivity (Wildman–Crippen MR) is 106 cm³/mol. The van der Waals surface area contributed by atoms with E-state index in [9.17, 15) is 23.1 Å². The van der Waals surface area contributed by atoms with E-state index < -0.39 is 35.5 Å². The Hall–Kier alpha value is -2.58.